The number of para-hydroxylation sites is 8. The average molecular weight is 769 g/mol. The summed E-state index contributed by atoms with van der Waals surface area (Å²) in [6.45, 7) is 0. The van der Waals surface area contributed by atoms with Gasteiger partial charge in [-0.2, -0.15) is 0 Å². The smallest absolute Gasteiger partial charge is 0.220 e. The van der Waals surface area contributed by atoms with Crippen molar-refractivity contribution >= 4 is 93.7 Å². The van der Waals surface area contributed by atoms with Crippen LogP contribution in [0.2, 0.25) is 0 Å². The highest BCUT2D eigenvalue weighted by atomic mass is 16.3. The number of hydrogen-bond donors (Lipinski definition) is 0. The molecule has 6 aromatic heterocycles. The third-order valence-electron chi connectivity index (χ3n) is 12.5. The van der Waals surface area contributed by atoms with Crippen molar-refractivity contribution in [2.24, 2.45) is 0 Å². The average Bonchev–Trinajstić information content (AvgIpc) is 4.13. The van der Waals surface area contributed by atoms with E-state index in [-0.39, 0.29) is 0 Å². The number of benzene rings is 8. The summed E-state index contributed by atoms with van der Waals surface area (Å²) in [5.74, 6) is 0.888. The monoisotopic (exact) mass is 768 g/mol. The molecule has 0 saturated heterocycles. The summed E-state index contributed by atoms with van der Waals surface area (Å²) in [5.41, 5.74) is 14.8. The second-order valence-corrected chi connectivity index (χ2v) is 15.6. The van der Waals surface area contributed by atoms with Crippen molar-refractivity contribution in [1.29, 1.82) is 0 Å². The van der Waals surface area contributed by atoms with E-state index in [2.05, 4.69) is 211 Å². The molecule has 0 aliphatic heterocycles. The van der Waals surface area contributed by atoms with E-state index in [9.17, 15) is 0 Å². The molecule has 0 spiro atoms. The molecule has 0 unspecified atom stereocenters. The van der Waals surface area contributed by atoms with Gasteiger partial charge < -0.3 is 4.42 Å². The van der Waals surface area contributed by atoms with Gasteiger partial charge in [0.05, 0.1) is 49.7 Å². The van der Waals surface area contributed by atoms with Gasteiger partial charge in [-0.3, -0.25) is 22.7 Å². The van der Waals surface area contributed by atoms with Gasteiger partial charge in [-0.05, 0) is 91.0 Å². The Morgan fingerprint density at radius 1 is 0.350 bits per heavy atom. The van der Waals surface area contributed by atoms with Crippen molar-refractivity contribution in [3.05, 3.63) is 194 Å². The van der Waals surface area contributed by atoms with E-state index >= 15 is 0 Å². The number of aromatic nitrogens is 6. The lowest BCUT2D eigenvalue weighted by molar-refractivity contribution is 0.645. The predicted octanol–water partition coefficient (Wildman–Crippen LogP) is 13.3. The van der Waals surface area contributed by atoms with Crippen LogP contribution in [0.1, 0.15) is 0 Å². The van der Waals surface area contributed by atoms with Crippen LogP contribution in [-0.4, -0.2) is 27.7 Å². The van der Waals surface area contributed by atoms with Gasteiger partial charge in [0, 0.05) is 44.0 Å². The van der Waals surface area contributed by atoms with E-state index in [4.69, 9.17) is 9.40 Å². The molecule has 0 aliphatic carbocycles. The third-order valence-corrected chi connectivity index (χ3v) is 12.5. The molecule has 0 radical (unpaired) electrons. The highest BCUT2D eigenvalue weighted by molar-refractivity contribution is 6.24. The third kappa shape index (κ3) is 4.10. The van der Waals surface area contributed by atoms with Gasteiger partial charge in [-0.25, -0.2) is 4.98 Å². The van der Waals surface area contributed by atoms with E-state index in [1.54, 1.807) is 0 Å². The Labute approximate surface area is 341 Å². The summed E-state index contributed by atoms with van der Waals surface area (Å²) in [4.78, 5) is 5.19. The van der Waals surface area contributed by atoms with E-state index in [1.165, 1.54) is 21.5 Å². The Morgan fingerprint density at radius 2 is 0.917 bits per heavy atom. The molecule has 60 heavy (non-hydrogen) atoms. The van der Waals surface area contributed by atoms with Gasteiger partial charge in [0.15, 0.2) is 0 Å². The number of nitrogens with zero attached hydrogens (tertiary/aromatic N) is 6. The van der Waals surface area contributed by atoms with Gasteiger partial charge in [0.1, 0.15) is 11.2 Å². The molecule has 7 heteroatoms. The molecule has 0 bridgehead atoms. The summed E-state index contributed by atoms with van der Waals surface area (Å²) < 4.78 is 18.4. The SMILES string of the molecule is c1ccc(-n2c3ccc(-n4c5ccccc5c5c6ccccc6oc54)cc3c3c4ccccc4n(-c4cccc(-n5c6ccccc6n6c7ccccc7nc56)c4)c32)cc1. The number of fused-ring (bicyclic) bond motifs is 15. The van der Waals surface area contributed by atoms with Crippen LogP contribution in [0.4, 0.5) is 0 Å². The maximum atomic E-state index is 6.69. The Hall–Kier alpha value is -8.29. The lowest BCUT2D eigenvalue weighted by Crippen LogP contribution is -2.03. The summed E-state index contributed by atoms with van der Waals surface area (Å²) in [6.07, 6.45) is 0. The fourth-order valence-corrected chi connectivity index (χ4v) is 10.0. The molecule has 0 saturated carbocycles. The molecule has 0 N–H and O–H groups in total. The molecule has 7 nitrogen and oxygen atoms in total. The van der Waals surface area contributed by atoms with Crippen LogP contribution in [0.5, 0.6) is 0 Å². The Bertz CT molecular complexity index is 4070. The summed E-state index contributed by atoms with van der Waals surface area (Å²) in [5, 5.41) is 7.00. The topological polar surface area (TPSA) is 50.2 Å². The van der Waals surface area contributed by atoms with Crippen molar-refractivity contribution in [3.63, 3.8) is 0 Å². The fourth-order valence-electron chi connectivity index (χ4n) is 10.0. The number of hydrogen-bond acceptors (Lipinski definition) is 2. The summed E-state index contributed by atoms with van der Waals surface area (Å²) in [7, 11) is 0. The molecular formula is C53H32N6O. The largest absolute Gasteiger partial charge is 0.439 e. The van der Waals surface area contributed by atoms with Crippen molar-refractivity contribution in [1.82, 2.24) is 27.7 Å². The van der Waals surface area contributed by atoms with Gasteiger partial charge in [-0.15, -0.1) is 0 Å². The van der Waals surface area contributed by atoms with E-state index in [1.807, 2.05) is 6.07 Å². The highest BCUT2D eigenvalue weighted by Gasteiger charge is 2.25. The second-order valence-electron chi connectivity index (χ2n) is 15.6. The van der Waals surface area contributed by atoms with Gasteiger partial charge in [0.2, 0.25) is 11.5 Å². The number of imidazole rings is 2. The predicted molar refractivity (Wildman–Crippen MR) is 245 cm³/mol. The first kappa shape index (κ1) is 31.8. The molecule has 8 aromatic carbocycles. The second kappa shape index (κ2) is 11.7. The first-order chi connectivity index (χ1) is 29.8. The van der Waals surface area contributed by atoms with Gasteiger partial charge >= 0.3 is 0 Å². The van der Waals surface area contributed by atoms with Gasteiger partial charge in [-0.1, -0.05) is 103 Å². The van der Waals surface area contributed by atoms with Crippen molar-refractivity contribution in [2.75, 3.05) is 0 Å². The van der Waals surface area contributed by atoms with Crippen molar-refractivity contribution in [2.45, 2.75) is 0 Å². The lowest BCUT2D eigenvalue weighted by atomic mass is 10.1. The molecule has 6 heterocycles. The van der Waals surface area contributed by atoms with Gasteiger partial charge in [0.25, 0.3) is 0 Å². The Balaban J connectivity index is 1.08. The summed E-state index contributed by atoms with van der Waals surface area (Å²) >= 11 is 0. The quantitative estimate of drug-likeness (QED) is 0.179. The highest BCUT2D eigenvalue weighted by Crippen LogP contribution is 2.44. The molecule has 280 valence electrons. The van der Waals surface area contributed by atoms with Crippen molar-refractivity contribution < 1.29 is 4.42 Å². The zero-order valence-corrected chi connectivity index (χ0v) is 32.1. The van der Waals surface area contributed by atoms with Crippen LogP contribution < -0.4 is 0 Å². The number of rotatable bonds is 4. The van der Waals surface area contributed by atoms with Crippen LogP contribution in [0.25, 0.3) is 116 Å². The lowest BCUT2D eigenvalue weighted by Gasteiger charge is -2.14. The van der Waals surface area contributed by atoms with Crippen LogP contribution in [0.3, 0.4) is 0 Å². The molecule has 14 aromatic rings. The molecule has 0 fully saturated rings. The van der Waals surface area contributed by atoms with Crippen LogP contribution in [-0.2, 0) is 0 Å². The van der Waals surface area contributed by atoms with E-state index < -0.39 is 0 Å². The van der Waals surface area contributed by atoms with Crippen LogP contribution in [0.15, 0.2) is 199 Å². The minimum atomic E-state index is 0.853. The Morgan fingerprint density at radius 3 is 1.73 bits per heavy atom. The van der Waals surface area contributed by atoms with Crippen LogP contribution >= 0.6 is 0 Å². The van der Waals surface area contributed by atoms with Crippen molar-refractivity contribution in [3.8, 4) is 22.7 Å². The minimum absolute atomic E-state index is 0.853. The maximum Gasteiger partial charge on any atom is 0.220 e. The molecule has 0 amide bonds. The standard InChI is InChI=1S/C53H32N6O/c1-2-15-33(16-3-1)55-44-30-29-36(57-43-24-9-5-20-38(43)50-39-21-6-13-28-48(39)60-52(50)57)32-40(44)49-37-19-4-8-23-42(37)56(51(49)55)34-17-14-18-35(31-34)58-46-26-11-12-27-47(46)59-45-25-10-7-22-41(45)54-53(58)59/h1-32H. The first-order valence-electron chi connectivity index (χ1n) is 20.3. The van der Waals surface area contributed by atoms with Crippen LogP contribution in [0, 0.1) is 0 Å². The minimum Gasteiger partial charge on any atom is -0.439 e. The normalized spacial score (nSPS) is 12.3. The molecule has 14 rings (SSSR count). The zero-order chi connectivity index (χ0) is 39.1. The maximum absolute atomic E-state index is 6.69. The Kier molecular flexibility index (Phi) is 6.17. The number of furan rings is 1. The van der Waals surface area contributed by atoms with E-state index in [0.717, 1.165) is 94.9 Å². The first-order valence-corrected chi connectivity index (χ1v) is 20.3. The fraction of sp³-hybridized carbons (Fsp3) is 0. The molecule has 0 atom stereocenters. The molecular weight excluding hydrogens is 737 g/mol. The molecule has 0 aliphatic rings. The van der Waals surface area contributed by atoms with E-state index in [0.29, 0.717) is 0 Å². The zero-order valence-electron chi connectivity index (χ0n) is 32.1. The summed E-state index contributed by atoms with van der Waals surface area (Å²) in [6, 6.07) is 69.2.